The summed E-state index contributed by atoms with van der Waals surface area (Å²) in [6, 6.07) is 8.39. The van der Waals surface area contributed by atoms with Crippen molar-refractivity contribution in [3.63, 3.8) is 0 Å². The summed E-state index contributed by atoms with van der Waals surface area (Å²) in [6.45, 7) is 1.79. The summed E-state index contributed by atoms with van der Waals surface area (Å²) in [4.78, 5) is 14.5. The van der Waals surface area contributed by atoms with Gasteiger partial charge < -0.3 is 9.64 Å². The topological polar surface area (TPSA) is 60.3 Å². The standard InChI is InChI=1S/C21H28N4O2S/c1-27-18-11-9-16(10-12-18)20-22-23-21(25(20)17-7-3-2-4-8-17)28-15-19(26)24-13-5-6-14-24/h9-12,17H,2-8,13-15H2,1H3. The highest BCUT2D eigenvalue weighted by atomic mass is 32.2. The second-order valence-corrected chi connectivity index (χ2v) is 8.52. The number of hydrogen-bond acceptors (Lipinski definition) is 5. The van der Waals surface area contributed by atoms with Crippen LogP contribution in [0.15, 0.2) is 29.4 Å². The van der Waals surface area contributed by atoms with Crippen LogP contribution in [0.3, 0.4) is 0 Å². The quantitative estimate of drug-likeness (QED) is 0.681. The van der Waals surface area contributed by atoms with E-state index >= 15 is 0 Å². The number of thioether (sulfide) groups is 1. The van der Waals surface area contributed by atoms with E-state index in [1.807, 2.05) is 29.2 Å². The van der Waals surface area contributed by atoms with Gasteiger partial charge in [-0.15, -0.1) is 10.2 Å². The first-order valence-corrected chi connectivity index (χ1v) is 11.2. The smallest absolute Gasteiger partial charge is 0.233 e. The average molecular weight is 401 g/mol. The first-order chi connectivity index (χ1) is 13.8. The van der Waals surface area contributed by atoms with E-state index in [-0.39, 0.29) is 5.91 Å². The number of nitrogens with zero attached hydrogens (tertiary/aromatic N) is 4. The lowest BCUT2D eigenvalue weighted by Gasteiger charge is -2.25. The molecule has 1 saturated heterocycles. The molecule has 0 bridgehead atoms. The van der Waals surface area contributed by atoms with Gasteiger partial charge in [0.1, 0.15) is 5.75 Å². The fourth-order valence-electron chi connectivity index (χ4n) is 4.16. The van der Waals surface area contributed by atoms with Crippen LogP contribution in [0.1, 0.15) is 51.0 Å². The minimum atomic E-state index is 0.215. The summed E-state index contributed by atoms with van der Waals surface area (Å²) in [6.07, 6.45) is 8.31. The van der Waals surface area contributed by atoms with Crippen molar-refractivity contribution in [2.24, 2.45) is 0 Å². The number of likely N-dealkylation sites (tertiary alicyclic amines) is 1. The molecular formula is C21H28N4O2S. The number of hydrogen-bond donors (Lipinski definition) is 0. The molecule has 7 heteroatoms. The zero-order valence-electron chi connectivity index (χ0n) is 16.5. The fraction of sp³-hybridized carbons (Fsp3) is 0.571. The average Bonchev–Trinajstić information content (AvgIpc) is 3.43. The van der Waals surface area contributed by atoms with Crippen LogP contribution >= 0.6 is 11.8 Å². The van der Waals surface area contributed by atoms with Gasteiger partial charge in [0.15, 0.2) is 11.0 Å². The number of methoxy groups -OCH3 is 1. The number of carbonyl (C=O) groups is 1. The van der Waals surface area contributed by atoms with Crippen molar-refractivity contribution in [3.8, 4) is 17.1 Å². The molecule has 4 rings (SSSR count). The molecule has 0 spiro atoms. The maximum Gasteiger partial charge on any atom is 0.233 e. The van der Waals surface area contributed by atoms with Gasteiger partial charge in [-0.2, -0.15) is 0 Å². The lowest BCUT2D eigenvalue weighted by atomic mass is 9.95. The molecule has 1 aromatic heterocycles. The van der Waals surface area contributed by atoms with Gasteiger partial charge in [0.25, 0.3) is 0 Å². The normalized spacial score (nSPS) is 17.8. The van der Waals surface area contributed by atoms with E-state index in [0.29, 0.717) is 11.8 Å². The Labute approximate surface area is 170 Å². The molecule has 1 aliphatic heterocycles. The maximum atomic E-state index is 12.5. The number of carbonyl (C=O) groups excluding carboxylic acids is 1. The molecule has 2 aromatic rings. The molecule has 2 aliphatic rings. The van der Waals surface area contributed by atoms with Crippen molar-refractivity contribution >= 4 is 17.7 Å². The Balaban J connectivity index is 1.58. The Hall–Kier alpha value is -2.02. The van der Waals surface area contributed by atoms with Crippen LogP contribution in [-0.4, -0.2) is 51.5 Å². The van der Waals surface area contributed by atoms with E-state index < -0.39 is 0 Å². The van der Waals surface area contributed by atoms with Crippen LogP contribution in [0.25, 0.3) is 11.4 Å². The number of aromatic nitrogens is 3. The van der Waals surface area contributed by atoms with Gasteiger partial charge in [-0.3, -0.25) is 9.36 Å². The van der Waals surface area contributed by atoms with Crippen LogP contribution in [-0.2, 0) is 4.79 Å². The minimum absolute atomic E-state index is 0.215. The molecule has 1 aliphatic carbocycles. The molecule has 28 heavy (non-hydrogen) atoms. The molecule has 0 radical (unpaired) electrons. The van der Waals surface area contributed by atoms with Crippen LogP contribution < -0.4 is 4.74 Å². The van der Waals surface area contributed by atoms with Gasteiger partial charge in [-0.25, -0.2) is 0 Å². The molecule has 150 valence electrons. The molecule has 2 heterocycles. The number of benzene rings is 1. The van der Waals surface area contributed by atoms with Crippen molar-refractivity contribution in [1.29, 1.82) is 0 Å². The summed E-state index contributed by atoms with van der Waals surface area (Å²) in [5.41, 5.74) is 1.04. The van der Waals surface area contributed by atoms with Gasteiger partial charge in [-0.05, 0) is 49.9 Å². The summed E-state index contributed by atoms with van der Waals surface area (Å²) in [5.74, 6) is 2.38. The maximum absolute atomic E-state index is 12.5. The van der Waals surface area contributed by atoms with E-state index in [0.717, 1.165) is 61.1 Å². The third-order valence-corrected chi connectivity index (χ3v) is 6.66. The Kier molecular flexibility index (Phi) is 6.20. The Bertz CT molecular complexity index is 793. The first-order valence-electron chi connectivity index (χ1n) is 10.3. The van der Waals surface area contributed by atoms with Gasteiger partial charge in [0, 0.05) is 24.7 Å². The molecule has 1 amide bonds. The van der Waals surface area contributed by atoms with Crippen molar-refractivity contribution in [3.05, 3.63) is 24.3 Å². The lowest BCUT2D eigenvalue weighted by molar-refractivity contribution is -0.127. The molecular weight excluding hydrogens is 372 g/mol. The predicted molar refractivity (Wildman–Crippen MR) is 111 cm³/mol. The summed E-state index contributed by atoms with van der Waals surface area (Å²) in [7, 11) is 1.67. The number of ether oxygens (including phenoxy) is 1. The zero-order chi connectivity index (χ0) is 19.3. The first kappa shape index (κ1) is 19.3. The van der Waals surface area contributed by atoms with E-state index in [1.54, 1.807) is 7.11 Å². The Morgan fingerprint density at radius 1 is 1.07 bits per heavy atom. The Morgan fingerprint density at radius 2 is 1.79 bits per heavy atom. The van der Waals surface area contributed by atoms with Crippen molar-refractivity contribution in [1.82, 2.24) is 19.7 Å². The SMILES string of the molecule is COc1ccc(-c2nnc(SCC(=O)N3CCCC3)n2C2CCCCC2)cc1. The highest BCUT2D eigenvalue weighted by Crippen LogP contribution is 2.36. The monoisotopic (exact) mass is 400 g/mol. The third kappa shape index (κ3) is 4.19. The molecule has 0 unspecified atom stereocenters. The Morgan fingerprint density at radius 3 is 2.46 bits per heavy atom. The van der Waals surface area contributed by atoms with Gasteiger partial charge in [-0.1, -0.05) is 31.0 Å². The molecule has 0 N–H and O–H groups in total. The third-order valence-electron chi connectivity index (χ3n) is 5.74. The van der Waals surface area contributed by atoms with Gasteiger partial charge in [0.05, 0.1) is 12.9 Å². The number of amides is 1. The van der Waals surface area contributed by atoms with Crippen LogP contribution in [0, 0.1) is 0 Å². The van der Waals surface area contributed by atoms with Gasteiger partial charge >= 0.3 is 0 Å². The zero-order valence-corrected chi connectivity index (χ0v) is 17.3. The van der Waals surface area contributed by atoms with Crippen molar-refractivity contribution < 1.29 is 9.53 Å². The molecule has 0 atom stereocenters. The minimum Gasteiger partial charge on any atom is -0.497 e. The number of rotatable bonds is 6. The molecule has 6 nitrogen and oxygen atoms in total. The van der Waals surface area contributed by atoms with Crippen LogP contribution in [0.4, 0.5) is 0 Å². The van der Waals surface area contributed by atoms with E-state index in [2.05, 4.69) is 14.8 Å². The summed E-state index contributed by atoms with van der Waals surface area (Å²) >= 11 is 1.53. The van der Waals surface area contributed by atoms with Crippen molar-refractivity contribution in [2.45, 2.75) is 56.1 Å². The second-order valence-electron chi connectivity index (χ2n) is 7.57. The van der Waals surface area contributed by atoms with Gasteiger partial charge in [0.2, 0.25) is 5.91 Å². The largest absolute Gasteiger partial charge is 0.497 e. The fourth-order valence-corrected chi connectivity index (χ4v) is 5.07. The van der Waals surface area contributed by atoms with E-state index in [4.69, 9.17) is 4.74 Å². The van der Waals surface area contributed by atoms with E-state index in [1.165, 1.54) is 31.0 Å². The molecule has 2 fully saturated rings. The summed E-state index contributed by atoms with van der Waals surface area (Å²) < 4.78 is 7.56. The molecule has 1 saturated carbocycles. The lowest BCUT2D eigenvalue weighted by Crippen LogP contribution is -2.29. The highest BCUT2D eigenvalue weighted by Gasteiger charge is 2.25. The van der Waals surface area contributed by atoms with E-state index in [9.17, 15) is 4.79 Å². The van der Waals surface area contributed by atoms with Crippen LogP contribution in [0.5, 0.6) is 5.75 Å². The highest BCUT2D eigenvalue weighted by molar-refractivity contribution is 7.99. The van der Waals surface area contributed by atoms with Crippen molar-refractivity contribution in [2.75, 3.05) is 26.0 Å². The molecule has 1 aromatic carbocycles. The van der Waals surface area contributed by atoms with Crippen LogP contribution in [0.2, 0.25) is 0 Å². The summed E-state index contributed by atoms with van der Waals surface area (Å²) in [5, 5.41) is 9.87. The second kappa shape index (κ2) is 8.99. The predicted octanol–water partition coefficient (Wildman–Crippen LogP) is 4.17.